The number of carbonyl (C=O) groups is 1. The molecule has 1 heterocycles. The monoisotopic (exact) mass is 253 g/mol. The van der Waals surface area contributed by atoms with Crippen LogP contribution >= 0.6 is 0 Å². The van der Waals surface area contributed by atoms with E-state index in [1.54, 1.807) is 6.92 Å². The molecule has 0 amide bonds. The molecular weight excluding hydrogens is 230 g/mol. The number of hydrogen-bond donors (Lipinski definition) is 7. The number of aromatic nitrogens is 3. The van der Waals surface area contributed by atoms with Gasteiger partial charge in [-0.05, 0) is 6.42 Å². The van der Waals surface area contributed by atoms with Crippen LogP contribution in [0, 0.1) is 5.41 Å². The summed E-state index contributed by atoms with van der Waals surface area (Å²) in [6.07, 6.45) is 0.816. The third-order valence-electron chi connectivity index (χ3n) is 2.18. The van der Waals surface area contributed by atoms with E-state index in [4.69, 9.17) is 20.4 Å². The maximum absolute atomic E-state index is 9.37. The highest BCUT2D eigenvalue weighted by molar-refractivity contribution is 5.66. The van der Waals surface area contributed by atoms with Crippen LogP contribution in [0.2, 0.25) is 0 Å². The average molecular weight is 253 g/mol. The Morgan fingerprint density at radius 2 is 1.29 bits per heavy atom. The smallest absolute Gasteiger partial charge is 0.303 e. The molecule has 8 nitrogen and oxygen atoms in total. The Labute approximate surface area is 99.6 Å². The molecular formula is C9H23N3O5. The minimum Gasteiger partial charge on any atom is -0.481 e. The number of aliphatic hydroxyl groups is 3. The van der Waals surface area contributed by atoms with Gasteiger partial charge in [-0.3, -0.25) is 4.79 Å². The Morgan fingerprint density at radius 1 is 1.00 bits per heavy atom. The van der Waals surface area contributed by atoms with E-state index in [1.807, 2.05) is 6.92 Å². The summed E-state index contributed by atoms with van der Waals surface area (Å²) in [6.45, 7) is 2.95. The summed E-state index contributed by atoms with van der Waals surface area (Å²) in [5.41, 5.74) is -0.667. The third kappa shape index (κ3) is 12.7. The summed E-state index contributed by atoms with van der Waals surface area (Å²) < 4.78 is 0. The summed E-state index contributed by atoms with van der Waals surface area (Å²) >= 11 is 0. The van der Waals surface area contributed by atoms with Gasteiger partial charge in [-0.1, -0.05) is 13.8 Å². The van der Waals surface area contributed by atoms with Crippen molar-refractivity contribution in [1.82, 2.24) is 15.6 Å². The number of carboxylic acid groups (broad SMARTS) is 1. The minimum absolute atomic E-state index is 0.156. The van der Waals surface area contributed by atoms with Gasteiger partial charge in [0, 0.05) is 11.8 Å². The highest BCUT2D eigenvalue weighted by Crippen LogP contribution is 2.18. The zero-order valence-electron chi connectivity index (χ0n) is 10.2. The largest absolute Gasteiger partial charge is 0.481 e. The topological polar surface area (TPSA) is 145 Å². The van der Waals surface area contributed by atoms with Gasteiger partial charge in [0.1, 0.15) is 0 Å². The second kappa shape index (κ2) is 11.2. The van der Waals surface area contributed by atoms with Crippen LogP contribution in [0.5, 0.6) is 0 Å². The lowest BCUT2D eigenvalue weighted by Crippen LogP contribution is -2.32. The molecule has 0 aliphatic heterocycles. The van der Waals surface area contributed by atoms with Gasteiger partial charge in [-0.25, -0.2) is 15.6 Å². The first-order valence-electron chi connectivity index (χ1n) is 5.31. The van der Waals surface area contributed by atoms with Crippen molar-refractivity contribution in [2.45, 2.75) is 26.7 Å². The van der Waals surface area contributed by atoms with Gasteiger partial charge in [0.2, 0.25) is 0 Å². The van der Waals surface area contributed by atoms with Gasteiger partial charge < -0.3 is 20.4 Å². The van der Waals surface area contributed by atoms with Gasteiger partial charge in [0.25, 0.3) is 0 Å². The molecule has 0 fully saturated rings. The van der Waals surface area contributed by atoms with E-state index in [9.17, 15) is 4.79 Å². The maximum Gasteiger partial charge on any atom is 0.303 e. The molecule has 0 spiro atoms. The van der Waals surface area contributed by atoms with Crippen LogP contribution in [-0.4, -0.2) is 61.9 Å². The molecule has 1 rings (SSSR count). The Bertz CT molecular complexity index is 209. The number of aromatic amines is 3. The fraction of sp³-hybridized carbons (Fsp3) is 0.889. The van der Waals surface area contributed by atoms with Gasteiger partial charge in [0.05, 0.1) is 19.8 Å². The Kier molecular flexibility index (Phi) is 12.0. The molecule has 7 N–H and O–H groups in total. The highest BCUT2D eigenvalue weighted by atomic mass is 16.4. The number of hydrogen-bond acceptors (Lipinski definition) is 4. The fourth-order valence-corrected chi connectivity index (χ4v) is 0.485. The third-order valence-corrected chi connectivity index (χ3v) is 2.18. The van der Waals surface area contributed by atoms with E-state index in [1.165, 1.54) is 0 Å². The fourth-order valence-electron chi connectivity index (χ4n) is 0.485. The SMILES string of the molecule is CCC(=O)O.CCC(CO)(CO)CO.[nH]1[nH][nH]1. The van der Waals surface area contributed by atoms with Crippen LogP contribution in [0.25, 0.3) is 0 Å². The molecule has 0 saturated carbocycles. The molecule has 104 valence electrons. The van der Waals surface area contributed by atoms with E-state index in [2.05, 4.69) is 15.6 Å². The molecule has 1 aromatic rings. The number of aliphatic carboxylic acids is 1. The molecule has 1 aromatic heterocycles. The van der Waals surface area contributed by atoms with Crippen molar-refractivity contribution in [1.29, 1.82) is 0 Å². The molecule has 17 heavy (non-hydrogen) atoms. The lowest BCUT2D eigenvalue weighted by atomic mass is 9.88. The summed E-state index contributed by atoms with van der Waals surface area (Å²) in [6, 6.07) is 0. The van der Waals surface area contributed by atoms with E-state index in [-0.39, 0.29) is 26.2 Å². The summed E-state index contributed by atoms with van der Waals surface area (Å²) in [7, 11) is 0. The molecule has 0 bridgehead atoms. The van der Waals surface area contributed by atoms with Crippen LogP contribution in [0.1, 0.15) is 26.7 Å². The zero-order valence-corrected chi connectivity index (χ0v) is 10.2. The Morgan fingerprint density at radius 3 is 1.29 bits per heavy atom. The standard InChI is InChI=1S/C6H14O3.C3H6O2.H3N3/c1-2-6(3-7,4-8)5-9;1-2-3(4)5;1-2-3-1/h7-9H,2-5H2,1H3;2H2,1H3,(H,4,5);1-3H. The van der Waals surface area contributed by atoms with Crippen LogP contribution in [0.4, 0.5) is 0 Å². The first-order valence-corrected chi connectivity index (χ1v) is 5.31. The summed E-state index contributed by atoms with van der Waals surface area (Å²) in [5, 5.41) is 41.2. The number of nitrogens with one attached hydrogen (secondary N) is 3. The molecule has 0 unspecified atom stereocenters. The zero-order chi connectivity index (χ0) is 13.7. The Balaban J connectivity index is 0. The van der Waals surface area contributed by atoms with Crippen molar-refractivity contribution in [3.05, 3.63) is 0 Å². The molecule has 0 aliphatic rings. The second-order valence-corrected chi connectivity index (χ2v) is 3.45. The first kappa shape index (κ1) is 18.1. The lowest BCUT2D eigenvalue weighted by Gasteiger charge is -2.24. The highest BCUT2D eigenvalue weighted by Gasteiger charge is 2.24. The van der Waals surface area contributed by atoms with Crippen LogP contribution in [0.15, 0.2) is 0 Å². The number of aliphatic hydroxyl groups excluding tert-OH is 3. The van der Waals surface area contributed by atoms with Crippen molar-refractivity contribution in [2.75, 3.05) is 19.8 Å². The van der Waals surface area contributed by atoms with Crippen LogP contribution in [0.3, 0.4) is 0 Å². The van der Waals surface area contributed by atoms with Crippen molar-refractivity contribution in [2.24, 2.45) is 5.41 Å². The van der Waals surface area contributed by atoms with Gasteiger partial charge in [-0.15, -0.1) is 0 Å². The predicted molar refractivity (Wildman–Crippen MR) is 61.4 cm³/mol. The van der Waals surface area contributed by atoms with Crippen LogP contribution in [-0.2, 0) is 4.79 Å². The van der Waals surface area contributed by atoms with Crippen molar-refractivity contribution in [3.63, 3.8) is 0 Å². The van der Waals surface area contributed by atoms with Gasteiger partial charge in [-0.2, -0.15) is 0 Å². The summed E-state index contributed by atoms with van der Waals surface area (Å²) in [4.78, 5) is 9.37. The normalized spacial score (nSPS) is 9.94. The number of H-pyrrole nitrogens is 3. The molecule has 0 radical (unpaired) electrons. The van der Waals surface area contributed by atoms with Crippen molar-refractivity contribution < 1.29 is 25.2 Å². The van der Waals surface area contributed by atoms with E-state index in [0.717, 1.165) is 0 Å². The average Bonchev–Trinajstić information content (AvgIpc) is 3.21. The Hall–Kier alpha value is -1.25. The minimum atomic E-state index is -0.745. The molecule has 0 aliphatic carbocycles. The molecule has 0 atom stereocenters. The van der Waals surface area contributed by atoms with Crippen molar-refractivity contribution in [3.8, 4) is 0 Å². The van der Waals surface area contributed by atoms with Gasteiger partial charge in [0.15, 0.2) is 0 Å². The lowest BCUT2D eigenvalue weighted by molar-refractivity contribution is -0.136. The number of rotatable bonds is 5. The molecule has 8 heteroatoms. The van der Waals surface area contributed by atoms with E-state index < -0.39 is 11.4 Å². The number of carboxylic acids is 1. The molecule has 0 aromatic carbocycles. The predicted octanol–water partition coefficient (Wildman–Crippen LogP) is -0.488. The first-order chi connectivity index (χ1) is 8.01. The quantitative estimate of drug-likeness (QED) is 0.378. The van der Waals surface area contributed by atoms with Crippen molar-refractivity contribution >= 4 is 5.97 Å². The summed E-state index contributed by atoms with van der Waals surface area (Å²) in [5.74, 6) is -0.745. The van der Waals surface area contributed by atoms with Crippen LogP contribution < -0.4 is 0 Å². The van der Waals surface area contributed by atoms with Gasteiger partial charge >= 0.3 is 5.97 Å². The molecule has 0 saturated heterocycles. The maximum atomic E-state index is 9.37. The van der Waals surface area contributed by atoms with E-state index in [0.29, 0.717) is 6.42 Å². The van der Waals surface area contributed by atoms with E-state index >= 15 is 0 Å². The second-order valence-electron chi connectivity index (χ2n) is 3.45.